The van der Waals surface area contributed by atoms with Crippen LogP contribution in [0.3, 0.4) is 0 Å². The molecule has 6 nitrogen and oxygen atoms in total. The Labute approximate surface area is 164 Å². The standard InChI is InChI=1S/C19H12Cl2N4O2/c20-10-3-1-4-11(7-10)25-17-13(9-22-25)19(8-15(26)23-17)12-5-2-6-14(21)16(12)24-18(19)27/h1-7,9H,8H2,(H,23,26)(H,24,27)/t19-/m0/s1. The van der Waals surface area contributed by atoms with E-state index in [4.69, 9.17) is 23.2 Å². The molecule has 2 aliphatic heterocycles. The van der Waals surface area contributed by atoms with Gasteiger partial charge in [-0.1, -0.05) is 41.4 Å². The largest absolute Gasteiger partial charge is 0.323 e. The topological polar surface area (TPSA) is 76.0 Å². The van der Waals surface area contributed by atoms with E-state index in [-0.39, 0.29) is 18.2 Å². The summed E-state index contributed by atoms with van der Waals surface area (Å²) in [5, 5.41) is 11.1. The van der Waals surface area contributed by atoms with Crippen LogP contribution in [0.25, 0.3) is 5.69 Å². The highest BCUT2D eigenvalue weighted by molar-refractivity contribution is 6.35. The Morgan fingerprint density at radius 1 is 1.04 bits per heavy atom. The number of carbonyl (C=O) groups is 2. The third-order valence-electron chi connectivity index (χ3n) is 5.06. The molecule has 1 aromatic heterocycles. The van der Waals surface area contributed by atoms with Gasteiger partial charge in [0.2, 0.25) is 11.8 Å². The Morgan fingerprint density at radius 2 is 1.85 bits per heavy atom. The third-order valence-corrected chi connectivity index (χ3v) is 5.61. The molecule has 0 radical (unpaired) electrons. The van der Waals surface area contributed by atoms with Gasteiger partial charge in [-0.05, 0) is 29.8 Å². The van der Waals surface area contributed by atoms with Gasteiger partial charge in [0.25, 0.3) is 0 Å². The number of nitrogens with one attached hydrogen (secondary N) is 2. The molecule has 0 saturated carbocycles. The minimum Gasteiger partial charge on any atom is -0.323 e. The summed E-state index contributed by atoms with van der Waals surface area (Å²) in [7, 11) is 0. The zero-order valence-electron chi connectivity index (χ0n) is 13.8. The van der Waals surface area contributed by atoms with Crippen LogP contribution in [0.15, 0.2) is 48.7 Å². The molecule has 0 bridgehead atoms. The molecule has 0 aliphatic carbocycles. The lowest BCUT2D eigenvalue weighted by atomic mass is 9.72. The number of aromatic nitrogens is 2. The fourth-order valence-corrected chi connectivity index (χ4v) is 4.30. The van der Waals surface area contributed by atoms with Crippen LogP contribution >= 0.6 is 23.2 Å². The molecule has 134 valence electrons. The van der Waals surface area contributed by atoms with Crippen molar-refractivity contribution >= 4 is 46.5 Å². The van der Waals surface area contributed by atoms with E-state index in [1.54, 1.807) is 41.2 Å². The van der Waals surface area contributed by atoms with Gasteiger partial charge < -0.3 is 10.6 Å². The Bertz CT molecular complexity index is 1140. The Balaban J connectivity index is 1.78. The summed E-state index contributed by atoms with van der Waals surface area (Å²) in [5.74, 6) is -0.0990. The second kappa shape index (κ2) is 5.58. The van der Waals surface area contributed by atoms with Crippen molar-refractivity contribution in [1.29, 1.82) is 0 Å². The number of carbonyl (C=O) groups excluding carboxylic acids is 2. The van der Waals surface area contributed by atoms with Crippen LogP contribution in [0.4, 0.5) is 11.5 Å². The smallest absolute Gasteiger partial charge is 0.240 e. The molecule has 1 atom stereocenters. The summed E-state index contributed by atoms with van der Waals surface area (Å²) in [6, 6.07) is 12.4. The van der Waals surface area contributed by atoms with Gasteiger partial charge in [-0.2, -0.15) is 5.10 Å². The summed E-state index contributed by atoms with van der Waals surface area (Å²) >= 11 is 12.4. The lowest BCUT2D eigenvalue weighted by Gasteiger charge is -2.31. The summed E-state index contributed by atoms with van der Waals surface area (Å²) in [4.78, 5) is 25.6. The molecule has 2 N–H and O–H groups in total. The van der Waals surface area contributed by atoms with E-state index in [1.807, 2.05) is 12.1 Å². The highest BCUT2D eigenvalue weighted by Crippen LogP contribution is 2.51. The molecule has 0 fully saturated rings. The molecular formula is C19H12Cl2N4O2. The second-order valence-electron chi connectivity index (χ2n) is 6.55. The molecule has 1 spiro atoms. The predicted molar refractivity (Wildman–Crippen MR) is 103 cm³/mol. The molecule has 8 heteroatoms. The van der Waals surface area contributed by atoms with Gasteiger partial charge >= 0.3 is 0 Å². The second-order valence-corrected chi connectivity index (χ2v) is 7.39. The van der Waals surface area contributed by atoms with Crippen LogP contribution in [0.5, 0.6) is 0 Å². The minimum absolute atomic E-state index is 0.0135. The molecule has 5 rings (SSSR count). The monoisotopic (exact) mass is 398 g/mol. The SMILES string of the molecule is O=C1C[C@@]2(C(=O)Nc3c(Cl)cccc32)c2cnn(-c3cccc(Cl)c3)c2N1. The van der Waals surface area contributed by atoms with Gasteiger partial charge in [0.15, 0.2) is 0 Å². The van der Waals surface area contributed by atoms with Crippen molar-refractivity contribution in [1.82, 2.24) is 9.78 Å². The summed E-state index contributed by atoms with van der Waals surface area (Å²) in [6.07, 6.45) is 1.60. The van der Waals surface area contributed by atoms with Gasteiger partial charge in [-0.15, -0.1) is 0 Å². The zero-order chi connectivity index (χ0) is 18.8. The van der Waals surface area contributed by atoms with E-state index in [0.717, 1.165) is 0 Å². The van der Waals surface area contributed by atoms with Crippen LogP contribution in [0, 0.1) is 0 Å². The van der Waals surface area contributed by atoms with Crippen molar-refractivity contribution in [2.75, 3.05) is 10.6 Å². The lowest BCUT2D eigenvalue weighted by molar-refractivity contribution is -0.125. The quantitative estimate of drug-likeness (QED) is 0.654. The van der Waals surface area contributed by atoms with Crippen LogP contribution < -0.4 is 10.6 Å². The van der Waals surface area contributed by atoms with Crippen molar-refractivity contribution in [3.8, 4) is 5.69 Å². The van der Waals surface area contributed by atoms with Crippen molar-refractivity contribution < 1.29 is 9.59 Å². The first kappa shape index (κ1) is 16.4. The predicted octanol–water partition coefficient (Wildman–Crippen LogP) is 3.76. The maximum Gasteiger partial charge on any atom is 0.240 e. The van der Waals surface area contributed by atoms with E-state index >= 15 is 0 Å². The molecule has 2 aromatic carbocycles. The van der Waals surface area contributed by atoms with Gasteiger partial charge in [-0.25, -0.2) is 4.68 Å². The van der Waals surface area contributed by atoms with Crippen molar-refractivity contribution in [3.63, 3.8) is 0 Å². The Kier molecular flexibility index (Phi) is 3.38. The minimum atomic E-state index is -1.16. The van der Waals surface area contributed by atoms with Crippen LogP contribution in [0.2, 0.25) is 10.0 Å². The summed E-state index contributed by atoms with van der Waals surface area (Å²) in [6.45, 7) is 0. The fraction of sp³-hybridized carbons (Fsp3) is 0.105. The first-order valence-electron chi connectivity index (χ1n) is 8.25. The summed E-state index contributed by atoms with van der Waals surface area (Å²) in [5.41, 5.74) is 1.38. The first-order chi connectivity index (χ1) is 13.0. The molecule has 2 aliphatic rings. The number of fused-ring (bicyclic) bond motifs is 4. The maximum absolute atomic E-state index is 13.1. The van der Waals surface area contributed by atoms with E-state index in [2.05, 4.69) is 15.7 Å². The van der Waals surface area contributed by atoms with E-state index < -0.39 is 5.41 Å². The number of hydrogen-bond acceptors (Lipinski definition) is 3. The van der Waals surface area contributed by atoms with Gasteiger partial charge in [-0.3, -0.25) is 9.59 Å². The van der Waals surface area contributed by atoms with Gasteiger partial charge in [0.1, 0.15) is 11.2 Å². The molecule has 0 saturated heterocycles. The van der Waals surface area contributed by atoms with Gasteiger partial charge in [0.05, 0.1) is 22.6 Å². The number of nitrogens with zero attached hydrogens (tertiary/aromatic N) is 2. The number of rotatable bonds is 1. The van der Waals surface area contributed by atoms with E-state index in [1.165, 1.54) is 0 Å². The first-order valence-corrected chi connectivity index (χ1v) is 9.01. The number of para-hydroxylation sites is 1. The van der Waals surface area contributed by atoms with Crippen molar-refractivity contribution in [2.45, 2.75) is 11.8 Å². The fourth-order valence-electron chi connectivity index (χ4n) is 3.89. The Morgan fingerprint density at radius 3 is 2.67 bits per heavy atom. The highest BCUT2D eigenvalue weighted by Gasteiger charge is 2.54. The Hall–Kier alpha value is -2.83. The number of benzene rings is 2. The maximum atomic E-state index is 13.1. The van der Waals surface area contributed by atoms with Crippen LogP contribution in [0.1, 0.15) is 17.5 Å². The van der Waals surface area contributed by atoms with Crippen LogP contribution in [-0.4, -0.2) is 21.6 Å². The highest BCUT2D eigenvalue weighted by atomic mass is 35.5. The number of anilines is 2. The summed E-state index contributed by atoms with van der Waals surface area (Å²) < 4.78 is 1.58. The van der Waals surface area contributed by atoms with Crippen molar-refractivity contribution in [2.24, 2.45) is 0 Å². The van der Waals surface area contributed by atoms with Gasteiger partial charge in [0, 0.05) is 17.0 Å². The van der Waals surface area contributed by atoms with E-state index in [0.29, 0.717) is 38.4 Å². The molecule has 3 aromatic rings. The third kappa shape index (κ3) is 2.17. The lowest BCUT2D eigenvalue weighted by Crippen LogP contribution is -2.43. The number of halogens is 2. The molecular weight excluding hydrogens is 387 g/mol. The number of amides is 2. The zero-order valence-corrected chi connectivity index (χ0v) is 15.3. The average Bonchev–Trinajstić information content (AvgIpc) is 3.17. The molecule has 2 amide bonds. The van der Waals surface area contributed by atoms with Crippen LogP contribution in [-0.2, 0) is 15.0 Å². The van der Waals surface area contributed by atoms with E-state index in [9.17, 15) is 9.59 Å². The number of hydrogen-bond donors (Lipinski definition) is 2. The molecule has 27 heavy (non-hydrogen) atoms. The van der Waals surface area contributed by atoms with Crippen molar-refractivity contribution in [3.05, 3.63) is 69.8 Å². The molecule has 3 heterocycles. The average molecular weight is 399 g/mol. The molecule has 0 unspecified atom stereocenters. The normalized spacial score (nSPS) is 20.2.